The number of hydrogen-bond donors (Lipinski definition) is 2. The normalized spacial score (nSPS) is 17.5. The van der Waals surface area contributed by atoms with Gasteiger partial charge in [-0.25, -0.2) is 8.78 Å². The number of carbonyl (C=O) groups is 1. The maximum atomic E-state index is 13.6. The summed E-state index contributed by atoms with van der Waals surface area (Å²) in [7, 11) is 0. The number of para-hydroxylation sites is 1. The van der Waals surface area contributed by atoms with Crippen molar-refractivity contribution in [2.24, 2.45) is 5.73 Å². The highest BCUT2D eigenvalue weighted by molar-refractivity contribution is 6.32. The Kier molecular flexibility index (Phi) is 7.60. The summed E-state index contributed by atoms with van der Waals surface area (Å²) < 4.78 is 32.7. The van der Waals surface area contributed by atoms with E-state index in [0.29, 0.717) is 43.5 Å². The second-order valence-electron chi connectivity index (χ2n) is 7.24. The van der Waals surface area contributed by atoms with Crippen LogP contribution in [0.2, 0.25) is 5.02 Å². The number of piperazine rings is 1. The molecule has 1 fully saturated rings. The number of benzene rings is 2. The van der Waals surface area contributed by atoms with E-state index < -0.39 is 29.7 Å². The molecule has 0 bridgehead atoms. The van der Waals surface area contributed by atoms with Crippen molar-refractivity contribution in [1.82, 2.24) is 9.80 Å². The van der Waals surface area contributed by atoms with E-state index in [1.165, 1.54) is 0 Å². The summed E-state index contributed by atoms with van der Waals surface area (Å²) in [5.74, 6) is -1.66. The number of rotatable bonds is 8. The lowest BCUT2D eigenvalue weighted by molar-refractivity contribution is -0.124. The zero-order valence-corrected chi connectivity index (χ0v) is 17.1. The Bertz CT molecular complexity index is 858. The maximum Gasteiger partial charge on any atom is 0.239 e. The molecule has 162 valence electrons. The molecule has 30 heavy (non-hydrogen) atoms. The third-order valence-electron chi connectivity index (χ3n) is 4.98. The van der Waals surface area contributed by atoms with Gasteiger partial charge in [-0.15, -0.1) is 0 Å². The van der Waals surface area contributed by atoms with Crippen LogP contribution >= 0.6 is 11.6 Å². The number of nitrogens with zero attached hydrogens (tertiary/aromatic N) is 2. The summed E-state index contributed by atoms with van der Waals surface area (Å²) in [4.78, 5) is 15.8. The minimum Gasteiger partial charge on any atom is -0.489 e. The number of ether oxygens (including phenoxy) is 1. The lowest BCUT2D eigenvalue weighted by Gasteiger charge is -2.38. The molecular formula is C21H24ClF2N3O3. The van der Waals surface area contributed by atoms with E-state index in [1.807, 2.05) is 4.90 Å². The molecule has 2 unspecified atom stereocenters. The number of amides is 1. The standard InChI is InChI=1S/C21H24ClF2N3O3/c22-18-3-1-2-4-19(18)30-13-17(28)12-26-5-7-27(8-6-26)20(21(25)29)14-9-15(23)11-16(24)10-14/h1-4,9-11,17,20,28H,5-8,12-13H2,(H2,25,29). The van der Waals surface area contributed by atoms with Gasteiger partial charge in [0.2, 0.25) is 5.91 Å². The van der Waals surface area contributed by atoms with Crippen LogP contribution in [0.15, 0.2) is 42.5 Å². The Labute approximate surface area is 178 Å². The van der Waals surface area contributed by atoms with Crippen molar-refractivity contribution in [3.63, 3.8) is 0 Å². The fourth-order valence-electron chi connectivity index (χ4n) is 3.59. The van der Waals surface area contributed by atoms with E-state index in [-0.39, 0.29) is 12.2 Å². The van der Waals surface area contributed by atoms with Gasteiger partial charge in [-0.05, 0) is 29.8 Å². The molecule has 2 atom stereocenters. The molecule has 2 aromatic rings. The molecular weight excluding hydrogens is 416 g/mol. The van der Waals surface area contributed by atoms with Crippen LogP contribution in [0.3, 0.4) is 0 Å². The number of β-amino-alcohol motifs (C(OH)–C–C–N with tert-alkyl or cyclic N) is 1. The van der Waals surface area contributed by atoms with E-state index in [4.69, 9.17) is 22.1 Å². The largest absolute Gasteiger partial charge is 0.489 e. The lowest BCUT2D eigenvalue weighted by Crippen LogP contribution is -2.52. The molecule has 1 aliphatic rings. The fraction of sp³-hybridized carbons (Fsp3) is 0.381. The van der Waals surface area contributed by atoms with Gasteiger partial charge >= 0.3 is 0 Å². The third-order valence-corrected chi connectivity index (χ3v) is 5.29. The summed E-state index contributed by atoms with van der Waals surface area (Å²) in [6.45, 7) is 2.52. The molecule has 3 N–H and O–H groups in total. The Morgan fingerprint density at radius 2 is 1.77 bits per heavy atom. The van der Waals surface area contributed by atoms with Crippen LogP contribution in [0, 0.1) is 11.6 Å². The highest BCUT2D eigenvalue weighted by atomic mass is 35.5. The topological polar surface area (TPSA) is 79.0 Å². The van der Waals surface area contributed by atoms with E-state index in [9.17, 15) is 18.7 Å². The van der Waals surface area contributed by atoms with Crippen LogP contribution in [0.4, 0.5) is 8.78 Å². The fourth-order valence-corrected chi connectivity index (χ4v) is 3.78. The summed E-state index contributed by atoms with van der Waals surface area (Å²) in [6, 6.07) is 9.13. The molecule has 0 radical (unpaired) electrons. The van der Waals surface area contributed by atoms with Crippen molar-refractivity contribution in [3.05, 3.63) is 64.7 Å². The molecule has 0 saturated carbocycles. The smallest absolute Gasteiger partial charge is 0.239 e. The second kappa shape index (κ2) is 10.2. The number of halogens is 3. The summed E-state index contributed by atoms with van der Waals surface area (Å²) in [5, 5.41) is 10.8. The molecule has 3 rings (SSSR count). The van der Waals surface area contributed by atoms with Crippen molar-refractivity contribution in [1.29, 1.82) is 0 Å². The van der Waals surface area contributed by atoms with Gasteiger partial charge < -0.3 is 15.6 Å². The molecule has 0 spiro atoms. The minimum absolute atomic E-state index is 0.0937. The first kappa shape index (κ1) is 22.4. The Balaban J connectivity index is 1.53. The summed E-state index contributed by atoms with van der Waals surface area (Å²) in [6.07, 6.45) is -0.725. The molecule has 1 saturated heterocycles. The SMILES string of the molecule is NC(=O)C(c1cc(F)cc(F)c1)N1CCN(CC(O)COc2ccccc2Cl)CC1. The van der Waals surface area contributed by atoms with Crippen molar-refractivity contribution in [2.75, 3.05) is 39.3 Å². The predicted octanol–water partition coefficient (Wildman–Crippen LogP) is 2.20. The van der Waals surface area contributed by atoms with E-state index in [2.05, 4.69) is 0 Å². The predicted molar refractivity (Wildman–Crippen MR) is 109 cm³/mol. The van der Waals surface area contributed by atoms with Gasteiger partial charge in [0.25, 0.3) is 0 Å². The van der Waals surface area contributed by atoms with Crippen LogP contribution in [-0.2, 0) is 4.79 Å². The van der Waals surface area contributed by atoms with Gasteiger partial charge in [0, 0.05) is 38.8 Å². The van der Waals surface area contributed by atoms with Gasteiger partial charge in [-0.3, -0.25) is 14.6 Å². The lowest BCUT2D eigenvalue weighted by atomic mass is 10.0. The summed E-state index contributed by atoms with van der Waals surface area (Å²) in [5.41, 5.74) is 5.71. The molecule has 1 aliphatic heterocycles. The van der Waals surface area contributed by atoms with Gasteiger partial charge in [0.15, 0.2) is 0 Å². The third kappa shape index (κ3) is 5.89. The zero-order valence-electron chi connectivity index (χ0n) is 16.3. The number of carbonyl (C=O) groups excluding carboxylic acids is 1. The molecule has 0 aromatic heterocycles. The Hall–Kier alpha value is -2.26. The van der Waals surface area contributed by atoms with E-state index in [1.54, 1.807) is 29.2 Å². The second-order valence-corrected chi connectivity index (χ2v) is 7.65. The average molecular weight is 440 g/mol. The van der Waals surface area contributed by atoms with Crippen LogP contribution in [-0.4, -0.2) is 66.2 Å². The number of aliphatic hydroxyl groups is 1. The number of hydrogen-bond acceptors (Lipinski definition) is 5. The van der Waals surface area contributed by atoms with Crippen LogP contribution < -0.4 is 10.5 Å². The number of nitrogens with two attached hydrogens (primary N) is 1. The monoisotopic (exact) mass is 439 g/mol. The van der Waals surface area contributed by atoms with Gasteiger partial charge in [0.05, 0.1) is 5.02 Å². The van der Waals surface area contributed by atoms with Crippen molar-refractivity contribution in [2.45, 2.75) is 12.1 Å². The van der Waals surface area contributed by atoms with Crippen molar-refractivity contribution >= 4 is 17.5 Å². The highest BCUT2D eigenvalue weighted by Gasteiger charge is 2.30. The molecule has 6 nitrogen and oxygen atoms in total. The van der Waals surface area contributed by atoms with E-state index in [0.717, 1.165) is 18.2 Å². The maximum absolute atomic E-state index is 13.6. The Morgan fingerprint density at radius 1 is 1.13 bits per heavy atom. The first-order valence-corrected chi connectivity index (χ1v) is 9.98. The van der Waals surface area contributed by atoms with Crippen molar-refractivity contribution in [3.8, 4) is 5.75 Å². The quantitative estimate of drug-likeness (QED) is 0.659. The molecule has 9 heteroatoms. The molecule has 0 aliphatic carbocycles. The highest BCUT2D eigenvalue weighted by Crippen LogP contribution is 2.25. The summed E-state index contributed by atoms with van der Waals surface area (Å²) >= 11 is 6.03. The van der Waals surface area contributed by atoms with E-state index >= 15 is 0 Å². The van der Waals surface area contributed by atoms with Crippen LogP contribution in [0.1, 0.15) is 11.6 Å². The first-order chi connectivity index (χ1) is 14.3. The molecule has 1 heterocycles. The minimum atomic E-state index is -0.911. The average Bonchev–Trinajstić information content (AvgIpc) is 2.68. The van der Waals surface area contributed by atoms with Gasteiger partial charge in [-0.1, -0.05) is 23.7 Å². The molecule has 1 amide bonds. The first-order valence-electron chi connectivity index (χ1n) is 9.60. The van der Waals surface area contributed by atoms with Gasteiger partial charge in [-0.2, -0.15) is 0 Å². The van der Waals surface area contributed by atoms with Crippen LogP contribution in [0.5, 0.6) is 5.75 Å². The molecule has 2 aromatic carbocycles. The van der Waals surface area contributed by atoms with Gasteiger partial charge in [0.1, 0.15) is 36.1 Å². The number of aliphatic hydroxyl groups excluding tert-OH is 1. The Morgan fingerprint density at radius 3 is 2.37 bits per heavy atom. The zero-order chi connectivity index (χ0) is 21.7. The van der Waals surface area contributed by atoms with Crippen molar-refractivity contribution < 1.29 is 23.4 Å². The van der Waals surface area contributed by atoms with Crippen LogP contribution in [0.25, 0.3) is 0 Å². The number of primary amides is 1.